The van der Waals surface area contributed by atoms with Gasteiger partial charge in [0.2, 0.25) is 0 Å². The molecule has 5 heteroatoms. The predicted octanol–water partition coefficient (Wildman–Crippen LogP) is 4.80. The van der Waals surface area contributed by atoms with Crippen LogP contribution < -0.4 is 4.74 Å². The first-order valence-electron chi connectivity index (χ1n) is 4.93. The normalized spacial score (nSPS) is 9.89. The Morgan fingerprint density at radius 3 is 2.56 bits per heavy atom. The van der Waals surface area contributed by atoms with Crippen LogP contribution in [0.25, 0.3) is 0 Å². The van der Waals surface area contributed by atoms with E-state index in [2.05, 4.69) is 0 Å². The van der Waals surface area contributed by atoms with E-state index in [0.717, 1.165) is 0 Å². The Hall–Kier alpha value is -1.76. The highest BCUT2D eigenvalue weighted by Crippen LogP contribution is 2.31. The monoisotopic (exact) mass is 281 g/mol. The number of ether oxygens (including phenoxy) is 1. The zero-order valence-corrected chi connectivity index (χ0v) is 10.5. The summed E-state index contributed by atoms with van der Waals surface area (Å²) < 4.78 is 18.4. The molecule has 2 aromatic rings. The summed E-state index contributed by atoms with van der Waals surface area (Å²) in [7, 11) is 0. The Labute approximate surface area is 113 Å². The van der Waals surface area contributed by atoms with Gasteiger partial charge in [-0.05, 0) is 24.3 Å². The van der Waals surface area contributed by atoms with Crippen LogP contribution in [0.4, 0.5) is 4.39 Å². The fraction of sp³-hybridized carbons (Fsp3) is 0. The van der Waals surface area contributed by atoms with Gasteiger partial charge < -0.3 is 4.74 Å². The van der Waals surface area contributed by atoms with Crippen molar-refractivity contribution < 1.29 is 9.13 Å². The molecule has 0 radical (unpaired) electrons. The third kappa shape index (κ3) is 2.56. The Kier molecular flexibility index (Phi) is 3.71. The van der Waals surface area contributed by atoms with Crippen LogP contribution in [0.3, 0.4) is 0 Å². The van der Waals surface area contributed by atoms with Crippen LogP contribution in [0.1, 0.15) is 5.56 Å². The first-order chi connectivity index (χ1) is 8.61. The molecule has 0 N–H and O–H groups in total. The predicted molar refractivity (Wildman–Crippen MR) is 67.7 cm³/mol. The maximum atomic E-state index is 13.0. The third-order valence-corrected chi connectivity index (χ3v) is 2.81. The minimum Gasteiger partial charge on any atom is -0.456 e. The lowest BCUT2D eigenvalue weighted by atomic mass is 10.2. The van der Waals surface area contributed by atoms with Crippen LogP contribution in [0.5, 0.6) is 11.5 Å². The number of hydrogen-bond donors (Lipinski definition) is 0. The van der Waals surface area contributed by atoms with Crippen molar-refractivity contribution in [1.29, 1.82) is 5.26 Å². The minimum atomic E-state index is -0.532. The summed E-state index contributed by atoms with van der Waals surface area (Å²) in [5, 5.41) is 9.22. The molecule has 0 saturated heterocycles. The number of rotatable bonds is 2. The SMILES string of the molecule is N#Cc1c(Cl)cccc1Oc1ccc(F)c(Cl)c1. The maximum Gasteiger partial charge on any atom is 0.146 e. The lowest BCUT2D eigenvalue weighted by molar-refractivity contribution is 0.479. The number of hydrogen-bond acceptors (Lipinski definition) is 2. The summed E-state index contributed by atoms with van der Waals surface area (Å²) in [6.07, 6.45) is 0. The smallest absolute Gasteiger partial charge is 0.146 e. The van der Waals surface area contributed by atoms with Gasteiger partial charge in [-0.15, -0.1) is 0 Å². The quantitative estimate of drug-likeness (QED) is 0.792. The van der Waals surface area contributed by atoms with Gasteiger partial charge in [0.15, 0.2) is 0 Å². The average Bonchev–Trinajstić information content (AvgIpc) is 2.34. The van der Waals surface area contributed by atoms with Crippen molar-refractivity contribution in [2.75, 3.05) is 0 Å². The first-order valence-corrected chi connectivity index (χ1v) is 5.69. The minimum absolute atomic E-state index is 0.0481. The van der Waals surface area contributed by atoms with Crippen molar-refractivity contribution in [3.8, 4) is 17.6 Å². The molecule has 0 amide bonds. The average molecular weight is 282 g/mol. The molecule has 0 spiro atoms. The van der Waals surface area contributed by atoms with Gasteiger partial charge in [0, 0.05) is 6.07 Å². The van der Waals surface area contributed by atoms with Crippen LogP contribution in [-0.2, 0) is 0 Å². The summed E-state index contributed by atoms with van der Waals surface area (Å²) in [5.74, 6) is 0.100. The largest absolute Gasteiger partial charge is 0.456 e. The molecule has 2 aromatic carbocycles. The van der Waals surface area contributed by atoms with Crippen molar-refractivity contribution >= 4 is 23.2 Å². The Balaban J connectivity index is 2.37. The Morgan fingerprint density at radius 2 is 1.89 bits per heavy atom. The maximum absolute atomic E-state index is 13.0. The molecule has 18 heavy (non-hydrogen) atoms. The molecule has 0 aliphatic carbocycles. The summed E-state index contributed by atoms with van der Waals surface area (Å²) in [5.41, 5.74) is 0.222. The van der Waals surface area contributed by atoms with Crippen LogP contribution >= 0.6 is 23.2 Å². The molecule has 0 aliphatic heterocycles. The molecule has 0 bridgehead atoms. The van der Waals surface area contributed by atoms with Crippen LogP contribution in [0, 0.1) is 17.1 Å². The molecule has 0 aromatic heterocycles. The molecule has 90 valence electrons. The molecule has 0 atom stereocenters. The van der Waals surface area contributed by atoms with E-state index in [0.29, 0.717) is 16.5 Å². The van der Waals surface area contributed by atoms with Gasteiger partial charge in [-0.2, -0.15) is 5.26 Å². The summed E-state index contributed by atoms with van der Waals surface area (Å²) >= 11 is 11.5. The van der Waals surface area contributed by atoms with Crippen molar-refractivity contribution in [2.45, 2.75) is 0 Å². The fourth-order valence-electron chi connectivity index (χ4n) is 1.37. The van der Waals surface area contributed by atoms with Crippen molar-refractivity contribution in [3.63, 3.8) is 0 Å². The highest BCUT2D eigenvalue weighted by Gasteiger charge is 2.09. The number of halogens is 3. The van der Waals surface area contributed by atoms with Gasteiger partial charge in [-0.3, -0.25) is 0 Å². The van der Waals surface area contributed by atoms with Gasteiger partial charge in [0.05, 0.1) is 10.0 Å². The molecule has 0 saturated carbocycles. The van der Waals surface area contributed by atoms with E-state index in [-0.39, 0.29) is 10.6 Å². The van der Waals surface area contributed by atoms with Crippen molar-refractivity contribution in [3.05, 3.63) is 57.8 Å². The van der Waals surface area contributed by atoms with Gasteiger partial charge in [0.25, 0.3) is 0 Å². The highest BCUT2D eigenvalue weighted by molar-refractivity contribution is 6.32. The van der Waals surface area contributed by atoms with Gasteiger partial charge in [-0.1, -0.05) is 29.3 Å². The molecule has 0 unspecified atom stereocenters. The molecular weight excluding hydrogens is 276 g/mol. The molecule has 0 aliphatic rings. The zero-order valence-electron chi connectivity index (χ0n) is 8.95. The van der Waals surface area contributed by atoms with E-state index in [1.807, 2.05) is 6.07 Å². The highest BCUT2D eigenvalue weighted by atomic mass is 35.5. The molecule has 2 nitrogen and oxygen atoms in total. The Morgan fingerprint density at radius 1 is 1.11 bits per heavy atom. The van der Waals surface area contributed by atoms with Crippen LogP contribution in [0.15, 0.2) is 36.4 Å². The van der Waals surface area contributed by atoms with Gasteiger partial charge >= 0.3 is 0 Å². The number of benzene rings is 2. The fourth-order valence-corrected chi connectivity index (χ4v) is 1.74. The van der Waals surface area contributed by atoms with E-state index in [1.165, 1.54) is 18.2 Å². The molecular formula is C13H6Cl2FNO. The third-order valence-electron chi connectivity index (χ3n) is 2.21. The number of nitrogens with zero attached hydrogens (tertiary/aromatic N) is 1. The standard InChI is InChI=1S/C13H6Cl2FNO/c14-10-2-1-3-13(9(10)7-17)18-8-4-5-12(16)11(15)6-8/h1-6H. The van der Waals surface area contributed by atoms with Crippen LogP contribution in [0.2, 0.25) is 10.0 Å². The van der Waals surface area contributed by atoms with E-state index in [4.69, 9.17) is 33.2 Å². The Bertz CT molecular complexity index is 637. The second-order valence-electron chi connectivity index (χ2n) is 3.40. The van der Waals surface area contributed by atoms with Crippen molar-refractivity contribution in [2.24, 2.45) is 0 Å². The molecule has 0 fully saturated rings. The van der Waals surface area contributed by atoms with E-state index < -0.39 is 5.82 Å². The lowest BCUT2D eigenvalue weighted by Gasteiger charge is -2.08. The lowest BCUT2D eigenvalue weighted by Crippen LogP contribution is -1.89. The summed E-state index contributed by atoms with van der Waals surface area (Å²) in [6, 6.07) is 10.7. The van der Waals surface area contributed by atoms with Gasteiger partial charge in [0.1, 0.15) is 28.9 Å². The summed E-state index contributed by atoms with van der Waals surface area (Å²) in [4.78, 5) is 0. The van der Waals surface area contributed by atoms with E-state index in [9.17, 15) is 4.39 Å². The first kappa shape index (κ1) is 12.7. The zero-order chi connectivity index (χ0) is 13.1. The van der Waals surface area contributed by atoms with Crippen molar-refractivity contribution in [1.82, 2.24) is 0 Å². The number of nitriles is 1. The second-order valence-corrected chi connectivity index (χ2v) is 4.22. The summed E-state index contributed by atoms with van der Waals surface area (Å²) in [6.45, 7) is 0. The molecule has 0 heterocycles. The van der Waals surface area contributed by atoms with Gasteiger partial charge in [-0.25, -0.2) is 4.39 Å². The van der Waals surface area contributed by atoms with E-state index in [1.54, 1.807) is 18.2 Å². The molecule has 2 rings (SSSR count). The topological polar surface area (TPSA) is 33.0 Å². The van der Waals surface area contributed by atoms with E-state index >= 15 is 0 Å². The second kappa shape index (κ2) is 5.26. The van der Waals surface area contributed by atoms with Crippen LogP contribution in [-0.4, -0.2) is 0 Å².